The average Bonchev–Trinajstić information content (AvgIpc) is 2.27. The second-order valence-electron chi connectivity index (χ2n) is 2.97. The molecule has 0 heterocycles. The monoisotopic (exact) mass is 246 g/mol. The van der Waals surface area contributed by atoms with E-state index in [1.807, 2.05) is 30.3 Å². The van der Waals surface area contributed by atoms with Gasteiger partial charge in [0.05, 0.1) is 6.61 Å². The van der Waals surface area contributed by atoms with Gasteiger partial charge in [0, 0.05) is 0 Å². The molecule has 0 atom stereocenters. The lowest BCUT2D eigenvalue weighted by atomic mass is 10.3. The summed E-state index contributed by atoms with van der Waals surface area (Å²) in [5.41, 5.74) is 0. The molecule has 0 saturated heterocycles. The highest BCUT2D eigenvalue weighted by molar-refractivity contribution is 5.32. The van der Waals surface area contributed by atoms with Crippen LogP contribution in [0.2, 0.25) is 0 Å². The van der Waals surface area contributed by atoms with E-state index in [9.17, 15) is 0 Å². The number of unbranched alkanes of at least 4 members (excludes halogenated alkanes) is 2. The maximum absolute atomic E-state index is 8.36. The van der Waals surface area contributed by atoms with Gasteiger partial charge in [-0.15, -0.1) is 0 Å². The van der Waals surface area contributed by atoms with Crippen molar-refractivity contribution in [1.29, 1.82) is 0 Å². The second-order valence-corrected chi connectivity index (χ2v) is 2.97. The molecule has 0 radical (unpaired) electrons. The summed E-state index contributed by atoms with van der Waals surface area (Å²) in [6, 6.07) is 9.97. The number of hydrogen-bond acceptors (Lipinski definition) is 2. The Bertz CT molecular complexity index is 238. The summed E-state index contributed by atoms with van der Waals surface area (Å²) in [6.07, 6.45) is 3.66. The summed E-state index contributed by atoms with van der Waals surface area (Å²) in [5.74, 6) is 0.980. The Kier molecular flexibility index (Phi) is 20.6. The Labute approximate surface area is 102 Å². The zero-order valence-electron chi connectivity index (χ0n) is 10.1. The number of para-hydroxylation sites is 1. The topological polar surface area (TPSA) is 110 Å². The number of carbonyl (C=O) groups is 1. The molecule has 0 saturated carbocycles. The van der Waals surface area contributed by atoms with Gasteiger partial charge in [-0.2, -0.15) is 0 Å². The maximum Gasteiger partial charge on any atom is 0.290 e. The molecule has 0 aromatic heterocycles. The third-order valence-corrected chi connectivity index (χ3v) is 1.76. The van der Waals surface area contributed by atoms with Crippen molar-refractivity contribution in [2.24, 2.45) is 0 Å². The van der Waals surface area contributed by atoms with Crippen molar-refractivity contribution in [2.45, 2.75) is 26.2 Å². The lowest BCUT2D eigenvalue weighted by Crippen LogP contribution is -1.96. The third kappa shape index (κ3) is 14.4. The van der Waals surface area contributed by atoms with Gasteiger partial charge < -0.3 is 20.8 Å². The van der Waals surface area contributed by atoms with Crippen LogP contribution in [0.1, 0.15) is 26.2 Å². The van der Waals surface area contributed by atoms with Gasteiger partial charge in [0.2, 0.25) is 0 Å². The van der Waals surface area contributed by atoms with E-state index in [-0.39, 0.29) is 17.4 Å². The fourth-order valence-corrected chi connectivity index (χ4v) is 1.06. The van der Waals surface area contributed by atoms with Gasteiger partial charge in [-0.1, -0.05) is 38.0 Å². The molecular formula is C12H22O5. The fourth-order valence-electron chi connectivity index (χ4n) is 1.06. The molecule has 100 valence electrons. The van der Waals surface area contributed by atoms with E-state index in [2.05, 4.69) is 6.92 Å². The minimum Gasteiger partial charge on any atom is -0.494 e. The Morgan fingerprint density at radius 2 is 1.71 bits per heavy atom. The van der Waals surface area contributed by atoms with Crippen molar-refractivity contribution in [3.63, 3.8) is 0 Å². The Hall–Kier alpha value is -1.59. The lowest BCUT2D eigenvalue weighted by Gasteiger charge is -2.04. The van der Waals surface area contributed by atoms with E-state index < -0.39 is 0 Å². The largest absolute Gasteiger partial charge is 0.494 e. The summed E-state index contributed by atoms with van der Waals surface area (Å²) in [5, 5.41) is 6.89. The van der Waals surface area contributed by atoms with Gasteiger partial charge in [0.25, 0.3) is 6.47 Å². The van der Waals surface area contributed by atoms with Gasteiger partial charge in [0.15, 0.2) is 0 Å². The predicted octanol–water partition coefficient (Wildman–Crippen LogP) is 1.31. The minimum atomic E-state index is -0.250. The third-order valence-electron chi connectivity index (χ3n) is 1.76. The molecule has 5 nitrogen and oxygen atoms in total. The van der Waals surface area contributed by atoms with E-state index in [0.29, 0.717) is 0 Å². The first-order chi connectivity index (χ1) is 7.35. The van der Waals surface area contributed by atoms with Crippen LogP contribution >= 0.6 is 0 Å². The van der Waals surface area contributed by atoms with Crippen molar-refractivity contribution in [2.75, 3.05) is 6.61 Å². The average molecular weight is 246 g/mol. The summed E-state index contributed by atoms with van der Waals surface area (Å²) in [6.45, 7) is 2.79. The van der Waals surface area contributed by atoms with Crippen LogP contribution in [0.5, 0.6) is 5.75 Å². The van der Waals surface area contributed by atoms with E-state index in [4.69, 9.17) is 14.6 Å². The molecule has 5 heteroatoms. The summed E-state index contributed by atoms with van der Waals surface area (Å²) < 4.78 is 5.51. The van der Waals surface area contributed by atoms with Crippen LogP contribution in [0.4, 0.5) is 0 Å². The molecule has 17 heavy (non-hydrogen) atoms. The van der Waals surface area contributed by atoms with Gasteiger partial charge >= 0.3 is 0 Å². The number of ether oxygens (including phenoxy) is 1. The highest BCUT2D eigenvalue weighted by Crippen LogP contribution is 2.08. The van der Waals surface area contributed by atoms with Crippen molar-refractivity contribution in [3.8, 4) is 5.75 Å². The van der Waals surface area contributed by atoms with Gasteiger partial charge in [-0.3, -0.25) is 4.79 Å². The number of benzene rings is 1. The van der Waals surface area contributed by atoms with Crippen LogP contribution in [0.15, 0.2) is 30.3 Å². The number of hydrogen-bond donors (Lipinski definition) is 1. The Morgan fingerprint density at radius 1 is 1.18 bits per heavy atom. The highest BCUT2D eigenvalue weighted by atomic mass is 16.5. The molecule has 1 aromatic rings. The smallest absolute Gasteiger partial charge is 0.290 e. The summed E-state index contributed by atoms with van der Waals surface area (Å²) in [7, 11) is 0. The van der Waals surface area contributed by atoms with Crippen molar-refractivity contribution in [1.82, 2.24) is 0 Å². The molecule has 0 bridgehead atoms. The van der Waals surface area contributed by atoms with Crippen molar-refractivity contribution >= 4 is 6.47 Å². The molecule has 5 N–H and O–H groups in total. The second kappa shape index (κ2) is 16.8. The molecule has 0 aliphatic carbocycles. The van der Waals surface area contributed by atoms with E-state index >= 15 is 0 Å². The zero-order valence-corrected chi connectivity index (χ0v) is 10.1. The normalized spacial score (nSPS) is 7.59. The molecule has 0 aliphatic rings. The van der Waals surface area contributed by atoms with Crippen LogP contribution < -0.4 is 4.74 Å². The summed E-state index contributed by atoms with van der Waals surface area (Å²) in [4.78, 5) is 8.36. The lowest BCUT2D eigenvalue weighted by molar-refractivity contribution is -0.122. The fraction of sp³-hybridized carbons (Fsp3) is 0.417. The summed E-state index contributed by atoms with van der Waals surface area (Å²) >= 11 is 0. The van der Waals surface area contributed by atoms with Crippen LogP contribution in [0, 0.1) is 0 Å². The molecule has 0 unspecified atom stereocenters. The van der Waals surface area contributed by atoms with E-state index in [0.717, 1.165) is 18.8 Å². The predicted molar refractivity (Wildman–Crippen MR) is 67.4 cm³/mol. The first kappa shape index (κ1) is 20.8. The van der Waals surface area contributed by atoms with Gasteiger partial charge in [-0.05, 0) is 18.6 Å². The zero-order chi connectivity index (χ0) is 11.4. The molecule has 1 aromatic carbocycles. The SMILES string of the molecule is CCCCCOc1ccccc1.O.O.O=CO. The van der Waals surface area contributed by atoms with E-state index in [1.54, 1.807) is 0 Å². The van der Waals surface area contributed by atoms with Gasteiger partial charge in [-0.25, -0.2) is 0 Å². The molecule has 0 amide bonds. The van der Waals surface area contributed by atoms with Crippen LogP contribution in [-0.2, 0) is 4.79 Å². The maximum atomic E-state index is 8.36. The van der Waals surface area contributed by atoms with Crippen LogP contribution in [0.25, 0.3) is 0 Å². The highest BCUT2D eigenvalue weighted by Gasteiger charge is 1.89. The molecule has 0 spiro atoms. The van der Waals surface area contributed by atoms with Crippen LogP contribution in [0.3, 0.4) is 0 Å². The Morgan fingerprint density at radius 3 is 2.18 bits per heavy atom. The first-order valence-electron chi connectivity index (χ1n) is 5.10. The molecule has 0 aliphatic heterocycles. The number of rotatable bonds is 5. The van der Waals surface area contributed by atoms with Gasteiger partial charge in [0.1, 0.15) is 5.75 Å². The van der Waals surface area contributed by atoms with E-state index in [1.165, 1.54) is 12.8 Å². The Balaban J connectivity index is -0.000000356. The standard InChI is InChI=1S/C11H16O.CH2O2.2H2O/c1-2-3-7-10-12-11-8-5-4-6-9-11;2-1-3;;/h4-6,8-9H,2-3,7,10H2,1H3;1H,(H,2,3);2*1H2. The number of carboxylic acid groups (broad SMARTS) is 1. The molecule has 1 rings (SSSR count). The van der Waals surface area contributed by atoms with Crippen LogP contribution in [-0.4, -0.2) is 29.1 Å². The molecular weight excluding hydrogens is 224 g/mol. The quantitative estimate of drug-likeness (QED) is 0.624. The first-order valence-corrected chi connectivity index (χ1v) is 5.10. The van der Waals surface area contributed by atoms with Crippen molar-refractivity contribution in [3.05, 3.63) is 30.3 Å². The van der Waals surface area contributed by atoms with Crippen molar-refractivity contribution < 1.29 is 25.6 Å². The minimum absolute atomic E-state index is 0. The molecule has 0 fully saturated rings.